The third-order valence-electron chi connectivity index (χ3n) is 4.18. The number of nitrogens with zero attached hydrogens (tertiary/aromatic N) is 1. The van der Waals surface area contributed by atoms with Crippen LogP contribution >= 0.6 is 0 Å². The van der Waals surface area contributed by atoms with Crippen LogP contribution in [0.15, 0.2) is 18.2 Å². The lowest BCUT2D eigenvalue weighted by atomic mass is 10.0. The molecule has 1 atom stereocenters. The first kappa shape index (κ1) is 19.4. The van der Waals surface area contributed by atoms with Crippen LogP contribution in [-0.4, -0.2) is 57.5 Å². The summed E-state index contributed by atoms with van der Waals surface area (Å²) >= 11 is 0. The van der Waals surface area contributed by atoms with Gasteiger partial charge in [0.15, 0.2) is 5.78 Å². The topological polar surface area (TPSA) is 92.8 Å². The number of ether oxygens (including phenoxy) is 1. The lowest BCUT2D eigenvalue weighted by Crippen LogP contribution is -2.49. The van der Waals surface area contributed by atoms with Crippen LogP contribution in [0.1, 0.15) is 35.7 Å². The van der Waals surface area contributed by atoms with Crippen molar-refractivity contribution in [2.24, 2.45) is 0 Å². The second-order valence-electron chi connectivity index (χ2n) is 6.33. The molecule has 0 radical (unpaired) electrons. The smallest absolute Gasteiger partial charge is 0.227 e. The summed E-state index contributed by atoms with van der Waals surface area (Å²) in [4.78, 5) is 25.9. The first-order valence-corrected chi connectivity index (χ1v) is 10.0. The molecule has 1 aliphatic rings. The average Bonchev–Trinajstić information content (AvgIpc) is 2.53. The summed E-state index contributed by atoms with van der Waals surface area (Å²) in [5, 5.41) is 0. The molecule has 0 spiro atoms. The Labute approximate surface area is 148 Å². The van der Waals surface area contributed by atoms with Crippen molar-refractivity contribution < 1.29 is 22.7 Å². The Morgan fingerprint density at radius 2 is 2.08 bits per heavy atom. The Morgan fingerprint density at radius 1 is 1.36 bits per heavy atom. The predicted molar refractivity (Wildman–Crippen MR) is 94.3 cm³/mol. The number of hydrogen-bond acceptors (Lipinski definition) is 5. The number of rotatable bonds is 6. The van der Waals surface area contributed by atoms with Crippen molar-refractivity contribution in [3.8, 4) is 5.75 Å². The van der Waals surface area contributed by atoms with E-state index in [0.29, 0.717) is 36.4 Å². The van der Waals surface area contributed by atoms with E-state index in [0.717, 1.165) is 12.7 Å². The highest BCUT2D eigenvalue weighted by Crippen LogP contribution is 2.22. The van der Waals surface area contributed by atoms with E-state index in [4.69, 9.17) is 4.74 Å². The molecule has 2 rings (SSSR count). The van der Waals surface area contributed by atoms with E-state index in [1.807, 2.05) is 0 Å². The quantitative estimate of drug-likeness (QED) is 0.756. The van der Waals surface area contributed by atoms with E-state index >= 15 is 0 Å². The predicted octanol–water partition coefficient (Wildman–Crippen LogP) is 0.980. The summed E-state index contributed by atoms with van der Waals surface area (Å²) in [5.41, 5.74) is 1.18. The molecule has 0 saturated carbocycles. The molecule has 1 heterocycles. The monoisotopic (exact) mass is 368 g/mol. The standard InChI is InChI=1S/C17H24N2O5S/c1-12(20)13-6-7-16(24-2)14(9-13)10-17(21)19-8-4-5-15(11-19)18-25(3,22)23/h6-7,9,15,18H,4-5,8,10-11H2,1-3H3/t15-/m0/s1. The number of methoxy groups -OCH3 is 1. The third-order valence-corrected chi connectivity index (χ3v) is 4.94. The zero-order valence-electron chi connectivity index (χ0n) is 14.7. The molecule has 138 valence electrons. The van der Waals surface area contributed by atoms with Crippen molar-refractivity contribution in [1.82, 2.24) is 9.62 Å². The third kappa shape index (κ3) is 5.54. The van der Waals surface area contributed by atoms with Gasteiger partial charge in [-0.15, -0.1) is 0 Å². The van der Waals surface area contributed by atoms with E-state index < -0.39 is 10.0 Å². The Kier molecular flexibility index (Phi) is 6.18. The SMILES string of the molecule is COc1ccc(C(C)=O)cc1CC(=O)N1CCC[C@H](NS(C)(=O)=O)C1. The molecular weight excluding hydrogens is 344 g/mol. The van der Waals surface area contributed by atoms with Crippen molar-refractivity contribution in [3.05, 3.63) is 29.3 Å². The fourth-order valence-corrected chi connectivity index (χ4v) is 3.81. The summed E-state index contributed by atoms with van der Waals surface area (Å²) in [6.45, 7) is 2.41. The van der Waals surface area contributed by atoms with Crippen molar-refractivity contribution in [1.29, 1.82) is 0 Å². The molecular formula is C17H24N2O5S. The van der Waals surface area contributed by atoms with Crippen LogP contribution in [0, 0.1) is 0 Å². The van der Waals surface area contributed by atoms with E-state index in [-0.39, 0.29) is 24.2 Å². The van der Waals surface area contributed by atoms with Crippen LogP contribution in [0.5, 0.6) is 5.75 Å². The molecule has 0 aromatic heterocycles. The lowest BCUT2D eigenvalue weighted by molar-refractivity contribution is -0.131. The first-order valence-electron chi connectivity index (χ1n) is 8.12. The van der Waals surface area contributed by atoms with Crippen LogP contribution in [0.2, 0.25) is 0 Å². The maximum atomic E-state index is 12.6. The first-order chi connectivity index (χ1) is 11.7. The molecule has 0 bridgehead atoms. The molecule has 1 aromatic rings. The Balaban J connectivity index is 2.11. The van der Waals surface area contributed by atoms with Gasteiger partial charge in [0.05, 0.1) is 19.8 Å². The summed E-state index contributed by atoms with van der Waals surface area (Å²) in [6, 6.07) is 4.76. The number of amides is 1. The summed E-state index contributed by atoms with van der Waals surface area (Å²) in [7, 11) is -1.79. The fraction of sp³-hybridized carbons (Fsp3) is 0.529. The number of benzene rings is 1. The molecule has 8 heteroatoms. The maximum Gasteiger partial charge on any atom is 0.227 e. The van der Waals surface area contributed by atoms with Gasteiger partial charge >= 0.3 is 0 Å². The van der Waals surface area contributed by atoms with Gasteiger partial charge in [-0.1, -0.05) is 0 Å². The highest BCUT2D eigenvalue weighted by Gasteiger charge is 2.26. The Morgan fingerprint density at radius 3 is 2.68 bits per heavy atom. The number of Topliss-reactive ketones (excluding diaryl/α,β-unsaturated/α-hetero) is 1. The maximum absolute atomic E-state index is 12.6. The van der Waals surface area contributed by atoms with Gasteiger partial charge in [0.25, 0.3) is 0 Å². The van der Waals surface area contributed by atoms with E-state index in [2.05, 4.69) is 4.72 Å². The molecule has 1 aromatic carbocycles. The van der Waals surface area contributed by atoms with Crippen LogP contribution in [0.3, 0.4) is 0 Å². The van der Waals surface area contributed by atoms with Crippen LogP contribution < -0.4 is 9.46 Å². The summed E-state index contributed by atoms with van der Waals surface area (Å²) < 4.78 is 30.6. The van der Waals surface area contributed by atoms with Crippen molar-refractivity contribution >= 4 is 21.7 Å². The van der Waals surface area contributed by atoms with Crippen molar-refractivity contribution in [2.45, 2.75) is 32.2 Å². The molecule has 1 saturated heterocycles. The van der Waals surface area contributed by atoms with Gasteiger partial charge in [0.2, 0.25) is 15.9 Å². The van der Waals surface area contributed by atoms with Crippen molar-refractivity contribution in [2.75, 3.05) is 26.5 Å². The van der Waals surface area contributed by atoms with Crippen molar-refractivity contribution in [3.63, 3.8) is 0 Å². The number of carbonyl (C=O) groups is 2. The molecule has 1 N–H and O–H groups in total. The fourth-order valence-electron chi connectivity index (χ4n) is 3.01. The van der Waals surface area contributed by atoms with Gasteiger partial charge in [0.1, 0.15) is 5.75 Å². The van der Waals surface area contributed by atoms with Gasteiger partial charge in [-0.25, -0.2) is 13.1 Å². The highest BCUT2D eigenvalue weighted by atomic mass is 32.2. The normalized spacial score (nSPS) is 18.0. The molecule has 1 fully saturated rings. The second-order valence-corrected chi connectivity index (χ2v) is 8.11. The minimum Gasteiger partial charge on any atom is -0.496 e. The number of likely N-dealkylation sites (tertiary alicyclic amines) is 1. The summed E-state index contributed by atoms with van der Waals surface area (Å²) in [5.74, 6) is 0.368. The summed E-state index contributed by atoms with van der Waals surface area (Å²) in [6.07, 6.45) is 2.67. The average molecular weight is 368 g/mol. The van der Waals surface area contributed by atoms with E-state index in [9.17, 15) is 18.0 Å². The van der Waals surface area contributed by atoms with E-state index in [1.165, 1.54) is 14.0 Å². The van der Waals surface area contributed by atoms with E-state index in [1.54, 1.807) is 23.1 Å². The molecule has 1 aliphatic heterocycles. The molecule has 25 heavy (non-hydrogen) atoms. The number of carbonyl (C=O) groups excluding carboxylic acids is 2. The number of ketones is 1. The number of piperidine rings is 1. The molecule has 0 aliphatic carbocycles. The van der Waals surface area contributed by atoms with Gasteiger partial charge in [-0.3, -0.25) is 9.59 Å². The number of nitrogens with one attached hydrogen (secondary N) is 1. The van der Waals surface area contributed by atoms with Gasteiger partial charge < -0.3 is 9.64 Å². The zero-order valence-corrected chi connectivity index (χ0v) is 15.6. The molecule has 0 unspecified atom stereocenters. The molecule has 1 amide bonds. The molecule has 7 nitrogen and oxygen atoms in total. The van der Waals surface area contributed by atoms with Crippen LogP contribution in [0.4, 0.5) is 0 Å². The highest BCUT2D eigenvalue weighted by molar-refractivity contribution is 7.88. The number of sulfonamides is 1. The lowest BCUT2D eigenvalue weighted by Gasteiger charge is -2.33. The zero-order chi connectivity index (χ0) is 18.6. The van der Waals surface area contributed by atoms with Crippen LogP contribution in [0.25, 0.3) is 0 Å². The largest absolute Gasteiger partial charge is 0.496 e. The van der Waals surface area contributed by atoms with Gasteiger partial charge in [-0.05, 0) is 38.0 Å². The van der Waals surface area contributed by atoms with Gasteiger partial charge in [0, 0.05) is 30.3 Å². The minimum absolute atomic E-state index is 0.0771. The Hall–Kier alpha value is -1.93. The number of hydrogen-bond donors (Lipinski definition) is 1. The second kappa shape index (κ2) is 7.97. The Bertz CT molecular complexity index is 760. The van der Waals surface area contributed by atoms with Crippen LogP contribution in [-0.2, 0) is 21.2 Å². The van der Waals surface area contributed by atoms with Gasteiger partial charge in [-0.2, -0.15) is 0 Å². The minimum atomic E-state index is -3.30.